The maximum Gasteiger partial charge on any atom is 0.252 e. The molecular formula is C24H28FN3O2. The molecule has 1 atom stereocenters. The summed E-state index contributed by atoms with van der Waals surface area (Å²) in [6.07, 6.45) is 7.03. The second-order valence-corrected chi connectivity index (χ2v) is 8.43. The zero-order valence-corrected chi connectivity index (χ0v) is 17.1. The Morgan fingerprint density at radius 1 is 1.10 bits per heavy atom. The lowest BCUT2D eigenvalue weighted by Gasteiger charge is -2.32. The number of likely N-dealkylation sites (tertiary alicyclic amines) is 1. The maximum absolute atomic E-state index is 13.0. The Morgan fingerprint density at radius 3 is 2.60 bits per heavy atom. The van der Waals surface area contributed by atoms with Crippen LogP contribution in [-0.4, -0.2) is 41.3 Å². The van der Waals surface area contributed by atoms with Gasteiger partial charge in [0, 0.05) is 43.9 Å². The van der Waals surface area contributed by atoms with Crippen molar-refractivity contribution in [1.29, 1.82) is 0 Å². The van der Waals surface area contributed by atoms with Gasteiger partial charge in [-0.25, -0.2) is 4.39 Å². The molecule has 0 unspecified atom stereocenters. The number of hydrogen-bond donors (Lipinski definition) is 1. The molecule has 4 rings (SSSR count). The zero-order chi connectivity index (χ0) is 20.9. The molecule has 5 nitrogen and oxygen atoms in total. The fourth-order valence-corrected chi connectivity index (χ4v) is 3.95. The van der Waals surface area contributed by atoms with E-state index in [2.05, 4.69) is 10.3 Å². The Balaban J connectivity index is 1.29. The molecule has 30 heavy (non-hydrogen) atoms. The van der Waals surface area contributed by atoms with Gasteiger partial charge in [-0.2, -0.15) is 0 Å². The number of nitrogens with zero attached hydrogens (tertiary/aromatic N) is 2. The van der Waals surface area contributed by atoms with Crippen molar-refractivity contribution in [2.24, 2.45) is 5.92 Å². The van der Waals surface area contributed by atoms with Crippen LogP contribution >= 0.6 is 0 Å². The lowest BCUT2D eigenvalue weighted by Crippen LogP contribution is -2.39. The Morgan fingerprint density at radius 2 is 1.90 bits per heavy atom. The van der Waals surface area contributed by atoms with Crippen LogP contribution in [0.2, 0.25) is 0 Å². The highest BCUT2D eigenvalue weighted by atomic mass is 19.1. The lowest BCUT2D eigenvalue weighted by molar-refractivity contribution is -0.132. The first-order valence-electron chi connectivity index (χ1n) is 10.8. The van der Waals surface area contributed by atoms with Gasteiger partial charge in [0.2, 0.25) is 5.91 Å². The molecule has 2 heterocycles. The number of aryl methyl sites for hydroxylation is 1. The number of amides is 2. The maximum atomic E-state index is 13.0. The number of hydrogen-bond acceptors (Lipinski definition) is 3. The average molecular weight is 410 g/mol. The van der Waals surface area contributed by atoms with Crippen LogP contribution in [0.15, 0.2) is 42.6 Å². The first kappa shape index (κ1) is 20.5. The topological polar surface area (TPSA) is 62.3 Å². The van der Waals surface area contributed by atoms with E-state index in [1.807, 2.05) is 17.0 Å². The number of halogens is 1. The van der Waals surface area contributed by atoms with Gasteiger partial charge in [-0.1, -0.05) is 12.1 Å². The summed E-state index contributed by atoms with van der Waals surface area (Å²) in [5.41, 5.74) is 2.49. The van der Waals surface area contributed by atoms with Gasteiger partial charge in [0.05, 0.1) is 5.56 Å². The summed E-state index contributed by atoms with van der Waals surface area (Å²) in [6, 6.07) is 10.1. The molecule has 2 fully saturated rings. The molecule has 1 N–H and O–H groups in total. The van der Waals surface area contributed by atoms with Crippen LogP contribution in [0.4, 0.5) is 4.39 Å². The predicted molar refractivity (Wildman–Crippen MR) is 113 cm³/mol. The molecule has 1 aromatic carbocycles. The Kier molecular flexibility index (Phi) is 6.41. The standard InChI is InChI=1S/C24H28FN3O2/c25-21-9-5-17(6-10-21)7-12-23(29)28-13-1-2-20(16-28)22-11-8-19(15-26-22)24(30)27-14-18-3-4-18/h5-6,8-11,15,18,20H,1-4,7,12-14,16H2,(H,27,30)/t20-/m0/s1. The molecule has 0 radical (unpaired) electrons. The van der Waals surface area contributed by atoms with Crippen molar-refractivity contribution in [3.05, 3.63) is 65.2 Å². The van der Waals surface area contributed by atoms with Crippen molar-refractivity contribution in [3.8, 4) is 0 Å². The number of aromatic nitrogens is 1. The fourth-order valence-electron chi connectivity index (χ4n) is 3.95. The van der Waals surface area contributed by atoms with Crippen LogP contribution < -0.4 is 5.32 Å². The minimum absolute atomic E-state index is 0.0674. The molecule has 1 aliphatic heterocycles. The number of carbonyl (C=O) groups is 2. The van der Waals surface area contributed by atoms with Gasteiger partial charge >= 0.3 is 0 Å². The Hall–Kier alpha value is -2.76. The van der Waals surface area contributed by atoms with Crippen LogP contribution in [0.3, 0.4) is 0 Å². The third-order valence-electron chi connectivity index (χ3n) is 6.03. The van der Waals surface area contributed by atoms with E-state index < -0.39 is 0 Å². The van der Waals surface area contributed by atoms with E-state index in [1.54, 1.807) is 18.3 Å². The van der Waals surface area contributed by atoms with Crippen LogP contribution in [0.25, 0.3) is 0 Å². The SMILES string of the molecule is O=C(NCC1CC1)c1ccc([C@H]2CCCN(C(=O)CCc3ccc(F)cc3)C2)nc1. The van der Waals surface area contributed by atoms with E-state index in [0.29, 0.717) is 30.9 Å². The van der Waals surface area contributed by atoms with E-state index in [4.69, 9.17) is 0 Å². The van der Waals surface area contributed by atoms with Crippen molar-refractivity contribution >= 4 is 11.8 Å². The second kappa shape index (κ2) is 9.37. The van der Waals surface area contributed by atoms with E-state index in [-0.39, 0.29) is 23.5 Å². The van der Waals surface area contributed by atoms with E-state index in [9.17, 15) is 14.0 Å². The second-order valence-electron chi connectivity index (χ2n) is 8.43. The van der Waals surface area contributed by atoms with Crippen LogP contribution in [0.1, 0.15) is 59.6 Å². The largest absolute Gasteiger partial charge is 0.352 e. The van der Waals surface area contributed by atoms with E-state index in [0.717, 1.165) is 37.2 Å². The van der Waals surface area contributed by atoms with Gasteiger partial charge in [-0.05, 0) is 67.9 Å². The first-order chi connectivity index (χ1) is 14.6. The lowest BCUT2D eigenvalue weighted by atomic mass is 9.93. The molecule has 1 saturated heterocycles. The summed E-state index contributed by atoms with van der Waals surface area (Å²) >= 11 is 0. The molecule has 2 aromatic rings. The summed E-state index contributed by atoms with van der Waals surface area (Å²) in [5.74, 6) is 0.636. The minimum atomic E-state index is -0.261. The highest BCUT2D eigenvalue weighted by molar-refractivity contribution is 5.93. The summed E-state index contributed by atoms with van der Waals surface area (Å²) < 4.78 is 13.0. The highest BCUT2D eigenvalue weighted by Gasteiger charge is 2.26. The van der Waals surface area contributed by atoms with Gasteiger partial charge in [0.25, 0.3) is 5.91 Å². The Bertz CT molecular complexity index is 878. The number of nitrogens with one attached hydrogen (secondary N) is 1. The third-order valence-corrected chi connectivity index (χ3v) is 6.03. The number of pyridine rings is 1. The number of benzene rings is 1. The number of carbonyl (C=O) groups excluding carboxylic acids is 2. The molecule has 2 aliphatic rings. The van der Waals surface area contributed by atoms with Crippen LogP contribution in [0, 0.1) is 11.7 Å². The van der Waals surface area contributed by atoms with Gasteiger partial charge in [-0.15, -0.1) is 0 Å². The highest BCUT2D eigenvalue weighted by Crippen LogP contribution is 2.28. The normalized spacial score (nSPS) is 18.8. The van der Waals surface area contributed by atoms with Gasteiger partial charge < -0.3 is 10.2 Å². The van der Waals surface area contributed by atoms with Gasteiger partial charge in [0.15, 0.2) is 0 Å². The van der Waals surface area contributed by atoms with E-state index in [1.165, 1.54) is 25.0 Å². The molecule has 1 saturated carbocycles. The molecule has 1 aromatic heterocycles. The molecule has 0 bridgehead atoms. The molecule has 2 amide bonds. The fraction of sp³-hybridized carbons (Fsp3) is 0.458. The van der Waals surface area contributed by atoms with Crippen molar-refractivity contribution in [2.45, 2.75) is 44.4 Å². The third kappa shape index (κ3) is 5.43. The van der Waals surface area contributed by atoms with Crippen molar-refractivity contribution in [2.75, 3.05) is 19.6 Å². The minimum Gasteiger partial charge on any atom is -0.352 e. The van der Waals surface area contributed by atoms with Crippen molar-refractivity contribution < 1.29 is 14.0 Å². The Labute approximate surface area is 176 Å². The summed E-state index contributed by atoms with van der Waals surface area (Å²) in [6.45, 7) is 2.17. The van der Waals surface area contributed by atoms with Crippen LogP contribution in [-0.2, 0) is 11.2 Å². The molecule has 1 aliphatic carbocycles. The van der Waals surface area contributed by atoms with Crippen LogP contribution in [0.5, 0.6) is 0 Å². The van der Waals surface area contributed by atoms with Gasteiger partial charge in [0.1, 0.15) is 5.82 Å². The van der Waals surface area contributed by atoms with Crippen molar-refractivity contribution in [1.82, 2.24) is 15.2 Å². The molecular weight excluding hydrogens is 381 g/mol. The molecule has 158 valence electrons. The zero-order valence-electron chi connectivity index (χ0n) is 17.1. The van der Waals surface area contributed by atoms with Crippen molar-refractivity contribution in [3.63, 3.8) is 0 Å². The summed E-state index contributed by atoms with van der Waals surface area (Å²) in [4.78, 5) is 31.3. The molecule has 0 spiro atoms. The molecule has 6 heteroatoms. The van der Waals surface area contributed by atoms with Gasteiger partial charge in [-0.3, -0.25) is 14.6 Å². The monoisotopic (exact) mass is 409 g/mol. The number of rotatable bonds is 7. The quantitative estimate of drug-likeness (QED) is 0.759. The predicted octanol–water partition coefficient (Wildman–Crippen LogP) is 3.70. The summed E-state index contributed by atoms with van der Waals surface area (Å²) in [5, 5.41) is 2.96. The van der Waals surface area contributed by atoms with E-state index >= 15 is 0 Å². The smallest absolute Gasteiger partial charge is 0.252 e. The summed E-state index contributed by atoms with van der Waals surface area (Å²) in [7, 11) is 0. The average Bonchev–Trinajstić information content (AvgIpc) is 3.62. The first-order valence-corrected chi connectivity index (χ1v) is 10.8. The number of piperidine rings is 1.